The molecule has 0 unspecified atom stereocenters. The van der Waals surface area contributed by atoms with Crippen LogP contribution in [0, 0.1) is 18.3 Å². The highest BCUT2D eigenvalue weighted by atomic mass is 32.2. The molecule has 1 aromatic carbocycles. The zero-order valence-electron chi connectivity index (χ0n) is 14.5. The van der Waals surface area contributed by atoms with Gasteiger partial charge in [0.1, 0.15) is 17.1 Å². The van der Waals surface area contributed by atoms with Gasteiger partial charge in [-0.25, -0.2) is 12.9 Å². The Kier molecular flexibility index (Phi) is 4.21. The summed E-state index contributed by atoms with van der Waals surface area (Å²) in [5, 5.41) is 29.9. The van der Waals surface area contributed by atoms with Crippen molar-refractivity contribution in [2.75, 3.05) is 11.0 Å². The van der Waals surface area contributed by atoms with E-state index < -0.39 is 10.0 Å². The van der Waals surface area contributed by atoms with E-state index >= 15 is 0 Å². The molecule has 0 saturated heterocycles. The zero-order valence-corrected chi connectivity index (χ0v) is 16.2. The van der Waals surface area contributed by atoms with Gasteiger partial charge in [-0.05, 0) is 25.1 Å². The summed E-state index contributed by atoms with van der Waals surface area (Å²) in [6.07, 6.45) is 2.48. The molecule has 1 N–H and O–H groups in total. The predicted molar refractivity (Wildman–Crippen MR) is 102 cm³/mol. The van der Waals surface area contributed by atoms with Crippen LogP contribution in [0.15, 0.2) is 34.6 Å². The van der Waals surface area contributed by atoms with Gasteiger partial charge in [0, 0.05) is 0 Å². The number of aryl methyl sites for hydroxylation is 1. The highest BCUT2D eigenvalue weighted by molar-refractivity contribution is 7.92. The molecule has 13 heteroatoms. The van der Waals surface area contributed by atoms with Gasteiger partial charge < -0.3 is 0 Å². The predicted octanol–water partition coefficient (Wildman–Crippen LogP) is 2.70. The Morgan fingerprint density at radius 2 is 2.11 bits per heavy atom. The fraction of sp³-hybridized carbons (Fsp3) is 0.133. The van der Waals surface area contributed by atoms with Crippen LogP contribution in [0.1, 0.15) is 10.4 Å². The summed E-state index contributed by atoms with van der Waals surface area (Å²) < 4.78 is 26.5. The lowest BCUT2D eigenvalue weighted by Crippen LogP contribution is -2.08. The molecule has 0 aliphatic heterocycles. The highest BCUT2D eigenvalue weighted by Gasteiger charge is 2.12. The topological polar surface area (TPSA) is 151 Å². The van der Waals surface area contributed by atoms with Crippen LogP contribution in [0.5, 0.6) is 0 Å². The SMILES string of the molecule is Cc1sc(NS(C)(=O)=O)nc1/N=N/c1ccc2nnc3c(C#N)cnn3c2c1. The maximum Gasteiger partial charge on any atom is 0.231 e. The van der Waals surface area contributed by atoms with Crippen molar-refractivity contribution in [1.82, 2.24) is 24.8 Å². The minimum absolute atomic E-state index is 0.227. The third kappa shape index (κ3) is 3.38. The van der Waals surface area contributed by atoms with E-state index in [0.29, 0.717) is 33.7 Å². The standard InChI is InChI=1S/C15H11N9O2S2/c1-8-13(18-15(27-8)23-28(2,25)26)21-19-10-3-4-11-12(5-10)24-14(22-20-11)9(6-16)7-17-24/h3-5,7H,1-2H3,(H,18,23)/b21-19+. The second-order valence-electron chi connectivity index (χ2n) is 5.75. The minimum atomic E-state index is -3.41. The van der Waals surface area contributed by atoms with E-state index in [1.54, 1.807) is 25.1 Å². The molecular formula is C15H11N9O2S2. The summed E-state index contributed by atoms with van der Waals surface area (Å²) in [7, 11) is -3.41. The van der Waals surface area contributed by atoms with Gasteiger partial charge in [0.05, 0.1) is 28.5 Å². The van der Waals surface area contributed by atoms with E-state index in [9.17, 15) is 8.42 Å². The molecular weight excluding hydrogens is 402 g/mol. The number of rotatable bonds is 4. The number of fused-ring (bicyclic) bond motifs is 3. The third-order valence-electron chi connectivity index (χ3n) is 3.61. The number of azo groups is 1. The maximum atomic E-state index is 11.3. The molecule has 140 valence electrons. The molecule has 3 heterocycles. The Morgan fingerprint density at radius 1 is 1.29 bits per heavy atom. The number of thiazole rings is 1. The molecule has 0 saturated carbocycles. The molecule has 28 heavy (non-hydrogen) atoms. The number of hydrogen-bond donors (Lipinski definition) is 1. The van der Waals surface area contributed by atoms with Gasteiger partial charge in [-0.15, -0.1) is 20.4 Å². The molecule has 4 aromatic rings. The third-order valence-corrected chi connectivity index (χ3v) is 5.18. The van der Waals surface area contributed by atoms with Gasteiger partial charge in [0.15, 0.2) is 16.6 Å². The number of benzene rings is 1. The average Bonchev–Trinajstić information content (AvgIpc) is 3.21. The molecule has 0 spiro atoms. The monoisotopic (exact) mass is 413 g/mol. The number of nitriles is 1. The van der Waals surface area contributed by atoms with E-state index in [1.165, 1.54) is 22.0 Å². The summed E-state index contributed by atoms with van der Waals surface area (Å²) in [4.78, 5) is 4.85. The summed E-state index contributed by atoms with van der Waals surface area (Å²) in [6.45, 7) is 1.77. The van der Waals surface area contributed by atoms with Gasteiger partial charge >= 0.3 is 0 Å². The summed E-state index contributed by atoms with van der Waals surface area (Å²) >= 11 is 1.17. The average molecular weight is 413 g/mol. The first-order valence-electron chi connectivity index (χ1n) is 7.75. The number of anilines is 1. The molecule has 0 aliphatic carbocycles. The van der Waals surface area contributed by atoms with Crippen LogP contribution in [-0.4, -0.2) is 39.5 Å². The van der Waals surface area contributed by atoms with Gasteiger partial charge in [-0.2, -0.15) is 15.3 Å². The second-order valence-corrected chi connectivity index (χ2v) is 8.70. The lowest BCUT2D eigenvalue weighted by Gasteiger charge is -2.00. The van der Waals surface area contributed by atoms with E-state index in [2.05, 4.69) is 35.2 Å². The van der Waals surface area contributed by atoms with Crippen molar-refractivity contribution in [1.29, 1.82) is 5.26 Å². The summed E-state index contributed by atoms with van der Waals surface area (Å²) in [6, 6.07) is 7.15. The number of nitrogens with zero attached hydrogens (tertiary/aromatic N) is 8. The van der Waals surface area contributed by atoms with Crippen LogP contribution < -0.4 is 4.72 Å². The molecule has 0 bridgehead atoms. The fourth-order valence-corrected chi connectivity index (χ4v) is 3.99. The molecule has 0 fully saturated rings. The molecule has 0 radical (unpaired) electrons. The van der Waals surface area contributed by atoms with Crippen LogP contribution in [0.25, 0.3) is 16.7 Å². The maximum absolute atomic E-state index is 11.3. The van der Waals surface area contributed by atoms with Crippen molar-refractivity contribution in [2.24, 2.45) is 10.2 Å². The first-order chi connectivity index (χ1) is 13.3. The minimum Gasteiger partial charge on any atom is -0.259 e. The lowest BCUT2D eigenvalue weighted by atomic mass is 10.2. The van der Waals surface area contributed by atoms with E-state index in [-0.39, 0.29) is 5.13 Å². The van der Waals surface area contributed by atoms with Gasteiger partial charge in [0.2, 0.25) is 10.0 Å². The first-order valence-corrected chi connectivity index (χ1v) is 10.5. The van der Waals surface area contributed by atoms with Crippen molar-refractivity contribution >= 4 is 54.7 Å². The van der Waals surface area contributed by atoms with E-state index in [1.807, 2.05) is 6.07 Å². The Balaban J connectivity index is 1.71. The number of hydrogen-bond acceptors (Lipinski definition) is 10. The number of sulfonamides is 1. The van der Waals surface area contributed by atoms with Crippen LogP contribution >= 0.6 is 11.3 Å². The van der Waals surface area contributed by atoms with Crippen LogP contribution in [0.4, 0.5) is 16.6 Å². The Bertz CT molecular complexity index is 1400. The molecule has 3 aromatic heterocycles. The smallest absolute Gasteiger partial charge is 0.231 e. The quantitative estimate of drug-likeness (QED) is 0.505. The van der Waals surface area contributed by atoms with Crippen LogP contribution in [0.2, 0.25) is 0 Å². The van der Waals surface area contributed by atoms with Crippen molar-refractivity contribution in [3.63, 3.8) is 0 Å². The van der Waals surface area contributed by atoms with Crippen molar-refractivity contribution in [3.05, 3.63) is 34.8 Å². The lowest BCUT2D eigenvalue weighted by molar-refractivity contribution is 0.607. The zero-order chi connectivity index (χ0) is 19.9. The normalized spacial score (nSPS) is 12.0. The Hall–Kier alpha value is -3.50. The second kappa shape index (κ2) is 6.59. The fourth-order valence-electron chi connectivity index (χ4n) is 2.41. The van der Waals surface area contributed by atoms with E-state index in [0.717, 1.165) is 11.1 Å². The summed E-state index contributed by atoms with van der Waals surface area (Å²) in [5.74, 6) is 0.320. The van der Waals surface area contributed by atoms with Crippen molar-refractivity contribution in [2.45, 2.75) is 6.92 Å². The van der Waals surface area contributed by atoms with Crippen molar-refractivity contribution in [3.8, 4) is 6.07 Å². The van der Waals surface area contributed by atoms with Gasteiger partial charge in [-0.3, -0.25) is 4.72 Å². The summed E-state index contributed by atoms with van der Waals surface area (Å²) in [5.41, 5.74) is 2.41. The Morgan fingerprint density at radius 3 is 2.86 bits per heavy atom. The highest BCUT2D eigenvalue weighted by Crippen LogP contribution is 2.30. The molecule has 0 amide bonds. The van der Waals surface area contributed by atoms with Gasteiger partial charge in [-0.1, -0.05) is 11.3 Å². The van der Waals surface area contributed by atoms with Crippen LogP contribution in [-0.2, 0) is 10.0 Å². The number of nitrogens with one attached hydrogen (secondary N) is 1. The molecule has 11 nitrogen and oxygen atoms in total. The molecule has 4 rings (SSSR count). The molecule has 0 atom stereocenters. The molecule has 0 aliphatic rings. The van der Waals surface area contributed by atoms with Gasteiger partial charge in [0.25, 0.3) is 0 Å². The Labute approximate surface area is 162 Å². The van der Waals surface area contributed by atoms with Crippen molar-refractivity contribution < 1.29 is 8.42 Å². The first kappa shape index (κ1) is 17.9. The van der Waals surface area contributed by atoms with Crippen LogP contribution in [0.3, 0.4) is 0 Å². The number of aromatic nitrogens is 5. The van der Waals surface area contributed by atoms with E-state index in [4.69, 9.17) is 5.26 Å². The largest absolute Gasteiger partial charge is 0.259 e.